The second-order valence-electron chi connectivity index (χ2n) is 7.68. The molecule has 0 radical (unpaired) electrons. The molecular weight excluding hydrogens is 382 g/mol. The van der Waals surface area contributed by atoms with Gasteiger partial charge in [-0.05, 0) is 49.1 Å². The minimum Gasteiger partial charge on any atom is -0.302 e. The summed E-state index contributed by atoms with van der Waals surface area (Å²) in [6.07, 6.45) is 6.86. The number of thiazole rings is 1. The lowest BCUT2D eigenvalue weighted by Gasteiger charge is -2.20. The number of benzene rings is 1. The van der Waals surface area contributed by atoms with Gasteiger partial charge in [-0.2, -0.15) is 0 Å². The van der Waals surface area contributed by atoms with Crippen LogP contribution in [0.3, 0.4) is 0 Å². The average Bonchev–Trinajstić information content (AvgIpc) is 3.31. The average molecular weight is 406 g/mol. The maximum atomic E-state index is 12.4. The van der Waals surface area contributed by atoms with Crippen LogP contribution in [-0.4, -0.2) is 25.6 Å². The van der Waals surface area contributed by atoms with Crippen molar-refractivity contribution in [2.24, 2.45) is 17.8 Å². The zero-order chi connectivity index (χ0) is 19.0. The van der Waals surface area contributed by atoms with Crippen LogP contribution in [0.4, 0.5) is 10.8 Å². The first-order valence-electron chi connectivity index (χ1n) is 9.19. The summed E-state index contributed by atoms with van der Waals surface area (Å²) in [5.74, 6) is 2.19. The highest BCUT2D eigenvalue weighted by atomic mass is 32.2. The number of nitrogens with one attached hydrogen (secondary N) is 2. The summed E-state index contributed by atoms with van der Waals surface area (Å²) in [4.78, 5) is 16.9. The Labute approximate surface area is 163 Å². The molecular formula is C19H23N3O3S2. The van der Waals surface area contributed by atoms with Crippen LogP contribution in [-0.2, 0) is 14.8 Å². The van der Waals surface area contributed by atoms with Gasteiger partial charge < -0.3 is 5.32 Å². The Balaban J connectivity index is 1.36. The molecule has 1 aromatic heterocycles. The maximum absolute atomic E-state index is 12.4. The molecule has 0 spiro atoms. The van der Waals surface area contributed by atoms with Crippen LogP contribution in [0.1, 0.15) is 32.1 Å². The molecule has 27 heavy (non-hydrogen) atoms. The number of amides is 1. The van der Waals surface area contributed by atoms with Gasteiger partial charge in [0.15, 0.2) is 5.13 Å². The predicted octanol–water partition coefficient (Wildman–Crippen LogP) is 3.95. The quantitative estimate of drug-likeness (QED) is 0.762. The van der Waals surface area contributed by atoms with Gasteiger partial charge in [-0.1, -0.05) is 18.6 Å². The Bertz CT molecular complexity index is 937. The zero-order valence-corrected chi connectivity index (χ0v) is 16.8. The van der Waals surface area contributed by atoms with Crippen LogP contribution in [0, 0.1) is 17.8 Å². The molecule has 0 saturated heterocycles. The van der Waals surface area contributed by atoms with E-state index >= 15 is 0 Å². The highest BCUT2D eigenvalue weighted by Gasteiger charge is 2.40. The number of anilines is 2. The van der Waals surface area contributed by atoms with Crippen LogP contribution >= 0.6 is 11.3 Å². The van der Waals surface area contributed by atoms with Crippen molar-refractivity contribution in [2.75, 3.05) is 16.3 Å². The Morgan fingerprint density at radius 2 is 2.00 bits per heavy atom. The zero-order valence-electron chi connectivity index (χ0n) is 15.1. The molecule has 2 N–H and O–H groups in total. The third-order valence-electron chi connectivity index (χ3n) is 5.57. The number of nitrogens with zero attached hydrogens (tertiary/aromatic N) is 1. The summed E-state index contributed by atoms with van der Waals surface area (Å²) >= 11 is 1.41. The van der Waals surface area contributed by atoms with Gasteiger partial charge in [0.25, 0.3) is 0 Å². The number of aromatic nitrogens is 1. The molecule has 4 rings (SSSR count). The van der Waals surface area contributed by atoms with Gasteiger partial charge in [0.2, 0.25) is 15.9 Å². The first kappa shape index (κ1) is 18.4. The fourth-order valence-electron chi connectivity index (χ4n) is 4.42. The van der Waals surface area contributed by atoms with E-state index in [0.717, 1.165) is 29.3 Å². The minimum atomic E-state index is -3.29. The molecule has 3 atom stereocenters. The van der Waals surface area contributed by atoms with E-state index < -0.39 is 10.0 Å². The smallest absolute Gasteiger partial charge is 0.229 e. The van der Waals surface area contributed by atoms with Crippen molar-refractivity contribution in [2.45, 2.75) is 32.1 Å². The molecule has 6 nitrogen and oxygen atoms in total. The van der Waals surface area contributed by atoms with Crippen molar-refractivity contribution in [1.29, 1.82) is 0 Å². The number of hydrogen-bond donors (Lipinski definition) is 2. The molecule has 2 aromatic rings. The number of fused-ring (bicyclic) bond motifs is 2. The first-order chi connectivity index (χ1) is 12.9. The lowest BCUT2D eigenvalue weighted by Crippen LogP contribution is -2.20. The summed E-state index contributed by atoms with van der Waals surface area (Å²) in [6, 6.07) is 7.01. The Kier molecular flexibility index (Phi) is 4.94. The highest BCUT2D eigenvalue weighted by Crippen LogP contribution is 2.49. The second-order valence-corrected chi connectivity index (χ2v) is 10.3. The molecule has 1 amide bonds. The molecule has 144 valence electrons. The Hall–Kier alpha value is -1.93. The molecule has 0 aliphatic heterocycles. The summed E-state index contributed by atoms with van der Waals surface area (Å²) in [7, 11) is -3.29. The van der Waals surface area contributed by atoms with E-state index in [1.54, 1.807) is 12.1 Å². The van der Waals surface area contributed by atoms with E-state index in [1.807, 2.05) is 17.5 Å². The number of rotatable bonds is 6. The van der Waals surface area contributed by atoms with Crippen molar-refractivity contribution in [3.8, 4) is 11.3 Å². The lowest BCUT2D eigenvalue weighted by atomic mass is 9.86. The maximum Gasteiger partial charge on any atom is 0.229 e. The summed E-state index contributed by atoms with van der Waals surface area (Å²) in [5.41, 5.74) is 2.15. The normalized spacial score (nSPS) is 24.1. The predicted molar refractivity (Wildman–Crippen MR) is 108 cm³/mol. The van der Waals surface area contributed by atoms with Gasteiger partial charge >= 0.3 is 0 Å². The first-order valence-corrected chi connectivity index (χ1v) is 12.0. The number of sulfonamides is 1. The molecule has 8 heteroatoms. The van der Waals surface area contributed by atoms with E-state index in [1.165, 1.54) is 37.0 Å². The van der Waals surface area contributed by atoms with E-state index in [-0.39, 0.29) is 5.91 Å². The van der Waals surface area contributed by atoms with Gasteiger partial charge in [-0.15, -0.1) is 11.3 Å². The summed E-state index contributed by atoms with van der Waals surface area (Å²) < 4.78 is 25.0. The van der Waals surface area contributed by atoms with Gasteiger partial charge in [0.1, 0.15) is 0 Å². The molecule has 1 heterocycles. The number of carbonyl (C=O) groups excluding carboxylic acids is 1. The van der Waals surface area contributed by atoms with Gasteiger partial charge in [0.05, 0.1) is 11.9 Å². The van der Waals surface area contributed by atoms with Crippen LogP contribution in [0.2, 0.25) is 0 Å². The van der Waals surface area contributed by atoms with Gasteiger partial charge in [0, 0.05) is 23.1 Å². The standard InChI is InChI=1S/C19H23N3O3S2/c1-27(24,25)22-16-6-4-13(5-7-16)17-11-26-19(20-17)21-18(23)10-15-9-12-2-3-14(15)8-12/h4-7,11-12,14-15,22H,2-3,8-10H2,1H3,(H,20,21,23)/t12-,14-,15+/m0/s1. The van der Waals surface area contributed by atoms with Crippen LogP contribution in [0.25, 0.3) is 11.3 Å². The third kappa shape index (κ3) is 4.50. The monoisotopic (exact) mass is 405 g/mol. The summed E-state index contributed by atoms with van der Waals surface area (Å²) in [5, 5.41) is 5.44. The van der Waals surface area contributed by atoms with Crippen molar-refractivity contribution < 1.29 is 13.2 Å². The largest absolute Gasteiger partial charge is 0.302 e. The topological polar surface area (TPSA) is 88.2 Å². The fourth-order valence-corrected chi connectivity index (χ4v) is 5.72. The van der Waals surface area contributed by atoms with Crippen LogP contribution < -0.4 is 10.0 Å². The summed E-state index contributed by atoms with van der Waals surface area (Å²) in [6.45, 7) is 0. The van der Waals surface area contributed by atoms with Crippen LogP contribution in [0.15, 0.2) is 29.6 Å². The molecule has 2 aliphatic rings. The molecule has 0 unspecified atom stereocenters. The Morgan fingerprint density at radius 3 is 2.63 bits per heavy atom. The third-order valence-corrected chi connectivity index (χ3v) is 6.93. The Morgan fingerprint density at radius 1 is 1.22 bits per heavy atom. The second kappa shape index (κ2) is 7.24. The van der Waals surface area contributed by atoms with E-state index in [9.17, 15) is 13.2 Å². The number of carbonyl (C=O) groups is 1. The number of hydrogen-bond acceptors (Lipinski definition) is 5. The highest BCUT2D eigenvalue weighted by molar-refractivity contribution is 7.92. The van der Waals surface area contributed by atoms with E-state index in [0.29, 0.717) is 23.2 Å². The molecule has 2 fully saturated rings. The van der Waals surface area contributed by atoms with E-state index in [4.69, 9.17) is 0 Å². The van der Waals surface area contributed by atoms with Crippen molar-refractivity contribution in [1.82, 2.24) is 4.98 Å². The van der Waals surface area contributed by atoms with Crippen molar-refractivity contribution >= 4 is 38.1 Å². The SMILES string of the molecule is CS(=O)(=O)Nc1ccc(-c2csc(NC(=O)C[C@H]3C[C@H]4CC[C@H]3C4)n2)cc1. The lowest BCUT2D eigenvalue weighted by molar-refractivity contribution is -0.117. The van der Waals surface area contributed by atoms with Crippen molar-refractivity contribution in [3.63, 3.8) is 0 Å². The minimum absolute atomic E-state index is 0.0566. The molecule has 2 bridgehead atoms. The fraction of sp³-hybridized carbons (Fsp3) is 0.474. The molecule has 2 saturated carbocycles. The van der Waals surface area contributed by atoms with E-state index in [2.05, 4.69) is 15.0 Å². The van der Waals surface area contributed by atoms with Gasteiger partial charge in [-0.25, -0.2) is 13.4 Å². The van der Waals surface area contributed by atoms with Crippen molar-refractivity contribution in [3.05, 3.63) is 29.6 Å². The molecule has 1 aromatic carbocycles. The molecule has 2 aliphatic carbocycles. The van der Waals surface area contributed by atoms with Crippen LogP contribution in [0.5, 0.6) is 0 Å². The van der Waals surface area contributed by atoms with Gasteiger partial charge in [-0.3, -0.25) is 9.52 Å².